The molecule has 1 aromatic rings. The fraction of sp³-hybridized carbons (Fsp3) is 0.438. The molecule has 2 N–H and O–H groups in total. The first-order valence-electron chi connectivity index (χ1n) is 7.87. The topological polar surface area (TPSA) is 89.9 Å². The monoisotopic (exact) mass is 371 g/mol. The maximum Gasteiger partial charge on any atom is 0.317 e. The van der Waals surface area contributed by atoms with Crippen molar-refractivity contribution in [3.05, 3.63) is 34.6 Å². The Labute approximate surface area is 149 Å². The molecule has 1 aromatic carbocycles. The molecule has 0 saturated carbocycles. The molecular weight excluding hydrogens is 353 g/mol. The SMILES string of the molecule is O=C(O)CCCNC(=O)N1CCN(C(=O)c2ccc(Cl)cc2F)CC1. The van der Waals surface area contributed by atoms with Crippen LogP contribution in [0.4, 0.5) is 9.18 Å². The van der Waals surface area contributed by atoms with Crippen molar-refractivity contribution in [2.24, 2.45) is 0 Å². The Bertz CT molecular complexity index is 663. The van der Waals surface area contributed by atoms with Crippen LogP contribution >= 0.6 is 11.6 Å². The zero-order chi connectivity index (χ0) is 18.4. The third-order valence-electron chi connectivity index (χ3n) is 3.86. The Morgan fingerprint density at radius 2 is 1.80 bits per heavy atom. The first-order valence-corrected chi connectivity index (χ1v) is 8.25. The molecule has 0 bridgehead atoms. The van der Waals surface area contributed by atoms with E-state index in [1.165, 1.54) is 17.0 Å². The van der Waals surface area contributed by atoms with Crippen molar-refractivity contribution in [1.29, 1.82) is 0 Å². The van der Waals surface area contributed by atoms with Crippen molar-refractivity contribution in [3.8, 4) is 0 Å². The van der Waals surface area contributed by atoms with E-state index in [0.717, 1.165) is 6.07 Å². The summed E-state index contributed by atoms with van der Waals surface area (Å²) in [6, 6.07) is 3.60. The van der Waals surface area contributed by atoms with Gasteiger partial charge in [-0.2, -0.15) is 0 Å². The van der Waals surface area contributed by atoms with Crippen LogP contribution in [-0.4, -0.2) is 65.5 Å². The van der Waals surface area contributed by atoms with Crippen LogP contribution in [-0.2, 0) is 4.79 Å². The van der Waals surface area contributed by atoms with E-state index in [9.17, 15) is 18.8 Å². The third kappa shape index (κ3) is 5.32. The number of carbonyl (C=O) groups is 3. The van der Waals surface area contributed by atoms with E-state index in [2.05, 4.69) is 5.32 Å². The molecule has 1 saturated heterocycles. The maximum atomic E-state index is 13.8. The number of carboxylic acids is 1. The summed E-state index contributed by atoms with van der Waals surface area (Å²) in [5, 5.41) is 11.4. The van der Waals surface area contributed by atoms with Crippen molar-refractivity contribution in [3.63, 3.8) is 0 Å². The molecule has 0 atom stereocenters. The normalized spacial score (nSPS) is 14.3. The molecule has 3 amide bonds. The number of carboxylic acid groups (broad SMARTS) is 1. The standard InChI is InChI=1S/C16H19ClFN3O4/c17-11-3-4-12(13(18)10-11)15(24)20-6-8-21(9-7-20)16(25)19-5-1-2-14(22)23/h3-4,10H,1-2,5-9H2,(H,19,25)(H,22,23). The van der Waals surface area contributed by atoms with E-state index in [4.69, 9.17) is 16.7 Å². The minimum absolute atomic E-state index is 0.00475. The summed E-state index contributed by atoms with van der Waals surface area (Å²) in [7, 11) is 0. The average molecular weight is 372 g/mol. The highest BCUT2D eigenvalue weighted by Gasteiger charge is 2.26. The fourth-order valence-corrected chi connectivity index (χ4v) is 2.65. The summed E-state index contributed by atoms with van der Waals surface area (Å²) >= 11 is 5.68. The quantitative estimate of drug-likeness (QED) is 0.772. The summed E-state index contributed by atoms with van der Waals surface area (Å²) in [5.74, 6) is -2.01. The lowest BCUT2D eigenvalue weighted by Crippen LogP contribution is -2.53. The van der Waals surface area contributed by atoms with Crippen LogP contribution in [0.5, 0.6) is 0 Å². The van der Waals surface area contributed by atoms with Gasteiger partial charge in [-0.05, 0) is 24.6 Å². The number of piperazine rings is 1. The number of nitrogens with zero attached hydrogens (tertiary/aromatic N) is 2. The van der Waals surface area contributed by atoms with Gasteiger partial charge < -0.3 is 20.2 Å². The van der Waals surface area contributed by atoms with Crippen molar-refractivity contribution in [1.82, 2.24) is 15.1 Å². The minimum Gasteiger partial charge on any atom is -0.481 e. The molecule has 0 aliphatic carbocycles. The lowest BCUT2D eigenvalue weighted by molar-refractivity contribution is -0.137. The van der Waals surface area contributed by atoms with E-state index < -0.39 is 17.7 Å². The molecule has 136 valence electrons. The highest BCUT2D eigenvalue weighted by molar-refractivity contribution is 6.30. The average Bonchev–Trinajstić information content (AvgIpc) is 2.58. The molecule has 0 aromatic heterocycles. The first-order chi connectivity index (χ1) is 11.9. The summed E-state index contributed by atoms with van der Waals surface area (Å²) in [5.41, 5.74) is -0.0454. The van der Waals surface area contributed by atoms with Crippen molar-refractivity contribution in [2.45, 2.75) is 12.8 Å². The number of halogens is 2. The van der Waals surface area contributed by atoms with Crippen molar-refractivity contribution >= 4 is 29.5 Å². The Morgan fingerprint density at radius 1 is 1.16 bits per heavy atom. The lowest BCUT2D eigenvalue weighted by atomic mass is 10.1. The Morgan fingerprint density at radius 3 is 2.40 bits per heavy atom. The lowest BCUT2D eigenvalue weighted by Gasteiger charge is -2.34. The largest absolute Gasteiger partial charge is 0.481 e. The van der Waals surface area contributed by atoms with Crippen LogP contribution in [0, 0.1) is 5.82 Å². The predicted octanol–water partition coefficient (Wildman–Crippen LogP) is 1.81. The van der Waals surface area contributed by atoms with E-state index in [0.29, 0.717) is 32.6 Å². The van der Waals surface area contributed by atoms with Gasteiger partial charge >= 0.3 is 12.0 Å². The zero-order valence-corrected chi connectivity index (χ0v) is 14.3. The van der Waals surface area contributed by atoms with Gasteiger partial charge in [0.2, 0.25) is 0 Å². The molecule has 1 aliphatic heterocycles. The third-order valence-corrected chi connectivity index (χ3v) is 4.09. The van der Waals surface area contributed by atoms with Gasteiger partial charge in [0.25, 0.3) is 5.91 Å². The van der Waals surface area contributed by atoms with Gasteiger partial charge in [0.05, 0.1) is 5.56 Å². The van der Waals surface area contributed by atoms with E-state index in [-0.39, 0.29) is 29.6 Å². The van der Waals surface area contributed by atoms with Gasteiger partial charge in [0, 0.05) is 44.2 Å². The van der Waals surface area contributed by atoms with Crippen LogP contribution in [0.3, 0.4) is 0 Å². The number of benzene rings is 1. The van der Waals surface area contributed by atoms with E-state index in [1.54, 1.807) is 4.90 Å². The predicted molar refractivity (Wildman–Crippen MR) is 89.2 cm³/mol. The number of amides is 3. The molecule has 0 radical (unpaired) electrons. The molecule has 25 heavy (non-hydrogen) atoms. The van der Waals surface area contributed by atoms with E-state index in [1.807, 2.05) is 0 Å². The summed E-state index contributed by atoms with van der Waals surface area (Å²) in [4.78, 5) is 37.8. The highest BCUT2D eigenvalue weighted by Crippen LogP contribution is 2.17. The maximum absolute atomic E-state index is 13.8. The van der Waals surface area contributed by atoms with Gasteiger partial charge in [-0.1, -0.05) is 11.6 Å². The van der Waals surface area contributed by atoms with Crippen molar-refractivity contribution < 1.29 is 23.9 Å². The summed E-state index contributed by atoms with van der Waals surface area (Å²) in [6.45, 7) is 1.52. The van der Waals surface area contributed by atoms with Crippen LogP contribution in [0.15, 0.2) is 18.2 Å². The summed E-state index contributed by atoms with van der Waals surface area (Å²) < 4.78 is 13.8. The number of carbonyl (C=O) groups excluding carboxylic acids is 2. The molecule has 2 rings (SSSR count). The molecule has 1 heterocycles. The second-order valence-corrected chi connectivity index (χ2v) is 6.07. The molecule has 1 aliphatic rings. The Hall–Kier alpha value is -2.35. The highest BCUT2D eigenvalue weighted by atomic mass is 35.5. The Balaban J connectivity index is 1.81. The molecule has 9 heteroatoms. The molecule has 7 nitrogen and oxygen atoms in total. The second-order valence-electron chi connectivity index (χ2n) is 5.63. The fourth-order valence-electron chi connectivity index (χ4n) is 2.49. The number of urea groups is 1. The van der Waals surface area contributed by atoms with Gasteiger partial charge in [-0.25, -0.2) is 9.18 Å². The van der Waals surface area contributed by atoms with Gasteiger partial charge in [0.1, 0.15) is 5.82 Å². The second kappa shape index (κ2) is 8.66. The van der Waals surface area contributed by atoms with Gasteiger partial charge in [0.15, 0.2) is 0 Å². The van der Waals surface area contributed by atoms with Crippen LogP contribution in [0.25, 0.3) is 0 Å². The number of rotatable bonds is 5. The smallest absolute Gasteiger partial charge is 0.317 e. The first kappa shape index (κ1) is 19.0. The van der Waals surface area contributed by atoms with Crippen LogP contribution < -0.4 is 5.32 Å². The number of hydrogen-bond acceptors (Lipinski definition) is 3. The number of nitrogens with one attached hydrogen (secondary N) is 1. The van der Waals surface area contributed by atoms with Gasteiger partial charge in [-0.3, -0.25) is 9.59 Å². The molecule has 0 unspecified atom stereocenters. The molecular formula is C16H19ClFN3O4. The zero-order valence-electron chi connectivity index (χ0n) is 13.5. The Kier molecular flexibility index (Phi) is 6.58. The minimum atomic E-state index is -0.907. The number of hydrogen-bond donors (Lipinski definition) is 2. The molecule has 1 fully saturated rings. The number of aliphatic carboxylic acids is 1. The summed E-state index contributed by atoms with van der Waals surface area (Å²) in [6.07, 6.45) is 0.352. The van der Waals surface area contributed by atoms with Crippen molar-refractivity contribution in [2.75, 3.05) is 32.7 Å². The molecule has 0 spiro atoms. The van der Waals surface area contributed by atoms with E-state index >= 15 is 0 Å². The van der Waals surface area contributed by atoms with Crippen LogP contribution in [0.2, 0.25) is 5.02 Å². The van der Waals surface area contributed by atoms with Crippen LogP contribution in [0.1, 0.15) is 23.2 Å². The van der Waals surface area contributed by atoms with Gasteiger partial charge in [-0.15, -0.1) is 0 Å².